The van der Waals surface area contributed by atoms with Gasteiger partial charge in [0.15, 0.2) is 16.6 Å². The van der Waals surface area contributed by atoms with Crippen molar-refractivity contribution in [1.29, 1.82) is 0 Å². The molecule has 1 amide bonds. The van der Waals surface area contributed by atoms with Gasteiger partial charge < -0.3 is 24.8 Å². The fourth-order valence-corrected chi connectivity index (χ4v) is 4.85. The van der Waals surface area contributed by atoms with Gasteiger partial charge in [-0.25, -0.2) is 9.78 Å². The van der Waals surface area contributed by atoms with E-state index in [-0.39, 0.29) is 52.5 Å². The molecule has 9 nitrogen and oxygen atoms in total. The number of carboxylic acid groups (broad SMARTS) is 1. The molecule has 194 valence electrons. The van der Waals surface area contributed by atoms with E-state index in [1.807, 2.05) is 18.7 Å². The predicted molar refractivity (Wildman–Crippen MR) is 137 cm³/mol. The van der Waals surface area contributed by atoms with Gasteiger partial charge in [-0.1, -0.05) is 40.1 Å². The van der Waals surface area contributed by atoms with Crippen LogP contribution in [0.2, 0.25) is 0 Å². The maximum Gasteiger partial charge on any atom is 0.348 e. The molecule has 2 rings (SSSR count). The number of hydrogen-bond donors (Lipinski definition) is 2. The van der Waals surface area contributed by atoms with Crippen LogP contribution >= 0.6 is 34.5 Å². The van der Waals surface area contributed by atoms with Gasteiger partial charge in [0, 0.05) is 46.4 Å². The number of nitrogens with one attached hydrogen (secondary N) is 1. The van der Waals surface area contributed by atoms with Crippen LogP contribution in [0.15, 0.2) is 21.7 Å². The lowest BCUT2D eigenvalue weighted by atomic mass is 9.89. The van der Waals surface area contributed by atoms with Gasteiger partial charge in [0.05, 0.1) is 22.3 Å². The summed E-state index contributed by atoms with van der Waals surface area (Å²) in [6.45, 7) is 6.55. The standard InChI is InChI=1S/C23H31Cl2N3O6S/c1-12(2)18(25)16(24)9-15(29)8-14-6-7-28(11-17(14)34-5)23-27-19(20(35-23)22(31)32)21(30)26-10-13(3)33-4/h9,13-14,17H,6-8,10-11H2,1-5H3,(H,26,30)(H,31,32)/b16-9-/t13-,14-,17-/m0/s1. The highest BCUT2D eigenvalue weighted by Crippen LogP contribution is 2.32. The van der Waals surface area contributed by atoms with Gasteiger partial charge in [-0.05, 0) is 33.1 Å². The largest absolute Gasteiger partial charge is 0.477 e. The Balaban J connectivity index is 2.13. The van der Waals surface area contributed by atoms with E-state index in [1.54, 1.807) is 14.0 Å². The van der Waals surface area contributed by atoms with E-state index < -0.39 is 11.9 Å². The highest BCUT2D eigenvalue weighted by molar-refractivity contribution is 7.17. The number of aromatic nitrogens is 1. The molecule has 1 saturated heterocycles. The number of amides is 1. The van der Waals surface area contributed by atoms with Crippen molar-refractivity contribution in [2.75, 3.05) is 38.8 Å². The van der Waals surface area contributed by atoms with Crippen LogP contribution in [0.4, 0.5) is 5.13 Å². The molecule has 1 aromatic heterocycles. The van der Waals surface area contributed by atoms with Crippen LogP contribution < -0.4 is 10.2 Å². The quantitative estimate of drug-likeness (QED) is 0.314. The fraction of sp³-hybridized carbons (Fsp3) is 0.565. The van der Waals surface area contributed by atoms with E-state index in [9.17, 15) is 19.5 Å². The third kappa shape index (κ3) is 8.01. The first kappa shape index (κ1) is 29.3. The maximum absolute atomic E-state index is 12.6. The minimum Gasteiger partial charge on any atom is -0.477 e. The number of methoxy groups -OCH3 is 2. The minimum absolute atomic E-state index is 0.0628. The molecule has 1 fully saturated rings. The van der Waals surface area contributed by atoms with Crippen molar-refractivity contribution in [2.45, 2.75) is 45.8 Å². The monoisotopic (exact) mass is 547 g/mol. The first-order valence-corrected chi connectivity index (χ1v) is 12.6. The zero-order valence-corrected chi connectivity index (χ0v) is 22.7. The zero-order chi connectivity index (χ0) is 26.3. The van der Waals surface area contributed by atoms with E-state index in [2.05, 4.69) is 10.3 Å². The SMILES string of the molecule is CO[C@H]1CN(c2nc(C(=O)NC[C@H](C)OC)c(C(=O)O)s2)CC[C@H]1CC(=O)/C=C(\Cl)C(Cl)=C(C)C. The van der Waals surface area contributed by atoms with Crippen LogP contribution in [-0.2, 0) is 14.3 Å². The van der Waals surface area contributed by atoms with Gasteiger partial charge >= 0.3 is 5.97 Å². The van der Waals surface area contributed by atoms with Crippen molar-refractivity contribution in [1.82, 2.24) is 10.3 Å². The molecule has 0 aliphatic carbocycles. The maximum atomic E-state index is 12.6. The second kappa shape index (κ2) is 13.4. The van der Waals surface area contributed by atoms with Gasteiger partial charge in [0.2, 0.25) is 0 Å². The van der Waals surface area contributed by atoms with E-state index in [4.69, 9.17) is 32.7 Å². The number of allylic oxidation sites excluding steroid dienone is 4. The highest BCUT2D eigenvalue weighted by Gasteiger charge is 2.33. The Bertz CT molecular complexity index is 1010. The zero-order valence-electron chi connectivity index (χ0n) is 20.4. The third-order valence-electron chi connectivity index (χ3n) is 5.65. The van der Waals surface area contributed by atoms with Crippen LogP contribution in [0.1, 0.15) is 53.8 Å². The van der Waals surface area contributed by atoms with E-state index in [1.165, 1.54) is 13.2 Å². The molecule has 35 heavy (non-hydrogen) atoms. The number of hydrogen-bond acceptors (Lipinski definition) is 8. The van der Waals surface area contributed by atoms with Crippen molar-refractivity contribution >= 4 is 57.3 Å². The van der Waals surface area contributed by atoms with Crippen LogP contribution in [0.3, 0.4) is 0 Å². The number of thiazole rings is 1. The molecule has 1 aliphatic heterocycles. The molecule has 0 saturated carbocycles. The van der Waals surface area contributed by atoms with E-state index >= 15 is 0 Å². The van der Waals surface area contributed by atoms with Gasteiger partial charge in [-0.3, -0.25) is 9.59 Å². The van der Waals surface area contributed by atoms with Gasteiger partial charge in [0.1, 0.15) is 4.88 Å². The Morgan fingerprint density at radius 1 is 1.31 bits per heavy atom. The number of aromatic carboxylic acids is 1. The summed E-state index contributed by atoms with van der Waals surface area (Å²) in [6, 6.07) is 0. The molecular formula is C23H31Cl2N3O6S. The molecule has 2 N–H and O–H groups in total. The lowest BCUT2D eigenvalue weighted by Gasteiger charge is -2.37. The molecule has 0 radical (unpaired) electrons. The number of piperidine rings is 1. The summed E-state index contributed by atoms with van der Waals surface area (Å²) in [5.41, 5.74) is 0.678. The van der Waals surface area contributed by atoms with Crippen molar-refractivity contribution in [2.24, 2.45) is 5.92 Å². The summed E-state index contributed by atoms with van der Waals surface area (Å²) in [4.78, 5) is 42.9. The Kier molecular flexibility index (Phi) is 11.2. The molecule has 0 bridgehead atoms. The molecule has 12 heteroatoms. The highest BCUT2D eigenvalue weighted by atomic mass is 35.5. The number of carbonyl (C=O) groups is 3. The first-order valence-electron chi connectivity index (χ1n) is 11.0. The van der Waals surface area contributed by atoms with Crippen LogP contribution in [-0.4, -0.2) is 73.8 Å². The molecule has 2 heterocycles. The van der Waals surface area contributed by atoms with Crippen LogP contribution in [0.5, 0.6) is 0 Å². The molecule has 0 spiro atoms. The number of carbonyl (C=O) groups excluding carboxylic acids is 2. The van der Waals surface area contributed by atoms with Crippen LogP contribution in [0.25, 0.3) is 0 Å². The van der Waals surface area contributed by atoms with Gasteiger partial charge in [-0.15, -0.1) is 0 Å². The number of anilines is 1. The Morgan fingerprint density at radius 2 is 2.00 bits per heavy atom. The van der Waals surface area contributed by atoms with Crippen LogP contribution in [0, 0.1) is 5.92 Å². The molecule has 3 atom stereocenters. The molecule has 1 aliphatic rings. The molecule has 1 aromatic rings. The van der Waals surface area contributed by atoms with Crippen molar-refractivity contribution in [3.8, 4) is 0 Å². The summed E-state index contributed by atoms with van der Waals surface area (Å²) < 4.78 is 10.7. The number of carboxylic acids is 1. The second-order valence-electron chi connectivity index (χ2n) is 8.48. The summed E-state index contributed by atoms with van der Waals surface area (Å²) in [5.74, 6) is -2.01. The predicted octanol–water partition coefficient (Wildman–Crippen LogP) is 4.06. The summed E-state index contributed by atoms with van der Waals surface area (Å²) in [6.07, 6.45) is 1.67. The molecular weight excluding hydrogens is 517 g/mol. The third-order valence-corrected chi connectivity index (χ3v) is 7.73. The second-order valence-corrected chi connectivity index (χ2v) is 10.2. The van der Waals surface area contributed by atoms with Crippen molar-refractivity contribution < 1.29 is 29.0 Å². The van der Waals surface area contributed by atoms with E-state index in [0.717, 1.165) is 16.9 Å². The normalized spacial score (nSPS) is 19.3. The fourth-order valence-electron chi connectivity index (χ4n) is 3.55. The van der Waals surface area contributed by atoms with Crippen molar-refractivity contribution in [3.63, 3.8) is 0 Å². The summed E-state index contributed by atoms with van der Waals surface area (Å²) >= 11 is 13.2. The lowest BCUT2D eigenvalue weighted by molar-refractivity contribution is -0.116. The topological polar surface area (TPSA) is 118 Å². The number of ketones is 1. The summed E-state index contributed by atoms with van der Waals surface area (Å²) in [7, 11) is 3.09. The summed E-state index contributed by atoms with van der Waals surface area (Å²) in [5, 5.41) is 13.2. The number of rotatable bonds is 11. The number of ether oxygens (including phenoxy) is 2. The average molecular weight is 548 g/mol. The van der Waals surface area contributed by atoms with E-state index in [0.29, 0.717) is 29.7 Å². The van der Waals surface area contributed by atoms with Crippen molar-refractivity contribution in [3.05, 3.63) is 32.3 Å². The van der Waals surface area contributed by atoms with Gasteiger partial charge in [0.25, 0.3) is 5.91 Å². The smallest absolute Gasteiger partial charge is 0.348 e. The Hall–Kier alpha value is -1.98. The Labute approximate surface area is 219 Å². The average Bonchev–Trinajstić information content (AvgIpc) is 3.27. The Morgan fingerprint density at radius 3 is 2.57 bits per heavy atom. The first-order chi connectivity index (χ1) is 16.5. The molecule has 0 unspecified atom stereocenters. The number of nitrogens with zero attached hydrogens (tertiary/aromatic N) is 2. The molecule has 0 aromatic carbocycles. The minimum atomic E-state index is -1.22. The number of halogens is 2. The lowest BCUT2D eigenvalue weighted by Crippen LogP contribution is -2.45. The van der Waals surface area contributed by atoms with Gasteiger partial charge in [-0.2, -0.15) is 0 Å².